The molecular formula is C29H25N3O2. The highest BCUT2D eigenvalue weighted by Gasteiger charge is 2.15. The molecular weight excluding hydrogens is 422 g/mol. The summed E-state index contributed by atoms with van der Waals surface area (Å²) < 4.78 is 14.3. The number of rotatable bonds is 8. The molecule has 0 amide bonds. The van der Waals surface area contributed by atoms with Gasteiger partial charge in [0.25, 0.3) is 0 Å². The zero-order chi connectivity index (χ0) is 23.2. The second-order valence-electron chi connectivity index (χ2n) is 7.98. The monoisotopic (exact) mass is 447 g/mol. The normalized spacial score (nSPS) is 10.7. The third-order valence-electron chi connectivity index (χ3n) is 5.41. The largest absolute Gasteiger partial charge is 0.485 e. The molecule has 0 spiro atoms. The van der Waals surface area contributed by atoms with E-state index >= 15 is 0 Å². The van der Waals surface area contributed by atoms with Crippen molar-refractivity contribution in [2.24, 2.45) is 0 Å². The maximum atomic E-state index is 6.26. The molecule has 5 nitrogen and oxygen atoms in total. The Morgan fingerprint density at radius 1 is 0.676 bits per heavy atom. The first kappa shape index (κ1) is 21.5. The summed E-state index contributed by atoms with van der Waals surface area (Å²) >= 11 is 0. The van der Waals surface area contributed by atoms with E-state index in [4.69, 9.17) is 9.47 Å². The lowest BCUT2D eigenvalue weighted by atomic mass is 10.1. The van der Waals surface area contributed by atoms with E-state index in [1.165, 1.54) is 0 Å². The van der Waals surface area contributed by atoms with Crippen molar-refractivity contribution < 1.29 is 9.47 Å². The number of benzene rings is 3. The van der Waals surface area contributed by atoms with Gasteiger partial charge in [-0.15, -0.1) is 0 Å². The highest BCUT2D eigenvalue weighted by atomic mass is 16.5. The van der Waals surface area contributed by atoms with E-state index in [0.717, 1.165) is 33.9 Å². The van der Waals surface area contributed by atoms with Gasteiger partial charge < -0.3 is 9.47 Å². The van der Waals surface area contributed by atoms with Crippen molar-refractivity contribution in [1.29, 1.82) is 0 Å². The minimum Gasteiger partial charge on any atom is -0.485 e. The van der Waals surface area contributed by atoms with Crippen molar-refractivity contribution in [3.8, 4) is 28.6 Å². The lowest BCUT2D eigenvalue weighted by molar-refractivity contribution is 0.256. The zero-order valence-electron chi connectivity index (χ0n) is 19.0. The van der Waals surface area contributed by atoms with E-state index in [0.29, 0.717) is 24.7 Å². The molecule has 3 aromatic carbocycles. The SMILES string of the molecule is Cc1cc(-c2ccc(OCc3ccccc3)c(OCc3ccccc3)c2)n(-c2ccccn2)n1. The Hall–Kier alpha value is -4.38. The number of ether oxygens (including phenoxy) is 2. The summed E-state index contributed by atoms with van der Waals surface area (Å²) in [6.07, 6.45) is 1.77. The molecule has 34 heavy (non-hydrogen) atoms. The van der Waals surface area contributed by atoms with Crippen molar-refractivity contribution >= 4 is 0 Å². The Bertz CT molecular complexity index is 1350. The Labute approximate surface area is 199 Å². The molecule has 0 bridgehead atoms. The number of hydrogen-bond donors (Lipinski definition) is 0. The fourth-order valence-electron chi connectivity index (χ4n) is 3.73. The first-order chi connectivity index (χ1) is 16.8. The smallest absolute Gasteiger partial charge is 0.162 e. The fraction of sp³-hybridized carbons (Fsp3) is 0.103. The predicted octanol–water partition coefficient (Wildman–Crippen LogP) is 6.40. The molecule has 168 valence electrons. The second-order valence-corrected chi connectivity index (χ2v) is 7.98. The van der Waals surface area contributed by atoms with Crippen LogP contribution in [0.5, 0.6) is 11.5 Å². The van der Waals surface area contributed by atoms with Gasteiger partial charge in [0, 0.05) is 11.8 Å². The topological polar surface area (TPSA) is 49.2 Å². The van der Waals surface area contributed by atoms with Crippen molar-refractivity contribution in [2.45, 2.75) is 20.1 Å². The molecule has 2 heterocycles. The van der Waals surface area contributed by atoms with E-state index in [2.05, 4.69) is 16.1 Å². The molecule has 0 unspecified atom stereocenters. The van der Waals surface area contributed by atoms with Gasteiger partial charge in [0.2, 0.25) is 0 Å². The first-order valence-electron chi connectivity index (χ1n) is 11.2. The second kappa shape index (κ2) is 10.0. The van der Waals surface area contributed by atoms with Crippen molar-refractivity contribution in [3.63, 3.8) is 0 Å². The first-order valence-corrected chi connectivity index (χ1v) is 11.2. The van der Waals surface area contributed by atoms with Crippen LogP contribution in [-0.2, 0) is 13.2 Å². The number of aromatic nitrogens is 3. The van der Waals surface area contributed by atoms with Crippen molar-refractivity contribution in [1.82, 2.24) is 14.8 Å². The molecule has 0 fully saturated rings. The molecule has 0 aliphatic carbocycles. The molecule has 5 heteroatoms. The Morgan fingerprint density at radius 2 is 1.32 bits per heavy atom. The van der Waals surface area contributed by atoms with Gasteiger partial charge in [0.05, 0.1) is 11.4 Å². The average molecular weight is 448 g/mol. The molecule has 0 N–H and O–H groups in total. The van der Waals surface area contributed by atoms with Crippen molar-refractivity contribution in [3.05, 3.63) is 126 Å². The summed E-state index contributed by atoms with van der Waals surface area (Å²) in [6, 6.07) is 34.1. The highest BCUT2D eigenvalue weighted by molar-refractivity contribution is 5.66. The van der Waals surface area contributed by atoms with Gasteiger partial charge in [-0.25, -0.2) is 9.67 Å². The maximum absolute atomic E-state index is 6.26. The number of hydrogen-bond acceptors (Lipinski definition) is 4. The van der Waals surface area contributed by atoms with Crippen LogP contribution in [0, 0.1) is 6.92 Å². The van der Waals surface area contributed by atoms with Gasteiger partial charge >= 0.3 is 0 Å². The van der Waals surface area contributed by atoms with Crippen molar-refractivity contribution in [2.75, 3.05) is 0 Å². The average Bonchev–Trinajstić information content (AvgIpc) is 3.30. The number of pyridine rings is 1. The summed E-state index contributed by atoms with van der Waals surface area (Å²) in [5.41, 5.74) is 5.02. The van der Waals surface area contributed by atoms with Gasteiger partial charge in [0.15, 0.2) is 17.3 Å². The van der Waals surface area contributed by atoms with Gasteiger partial charge in [0.1, 0.15) is 13.2 Å². The van der Waals surface area contributed by atoms with Gasteiger partial charge in [-0.3, -0.25) is 0 Å². The van der Waals surface area contributed by atoms with Gasteiger partial charge in [-0.2, -0.15) is 5.10 Å². The lowest BCUT2D eigenvalue weighted by Crippen LogP contribution is -2.03. The van der Waals surface area contributed by atoms with E-state index in [9.17, 15) is 0 Å². The predicted molar refractivity (Wildman–Crippen MR) is 133 cm³/mol. The minimum atomic E-state index is 0.449. The van der Waals surface area contributed by atoms with Crippen LogP contribution in [0.15, 0.2) is 109 Å². The molecule has 0 radical (unpaired) electrons. The van der Waals surface area contributed by atoms with Crippen LogP contribution in [0.1, 0.15) is 16.8 Å². The van der Waals surface area contributed by atoms with E-state index in [1.54, 1.807) is 6.20 Å². The van der Waals surface area contributed by atoms with Crippen LogP contribution in [0.25, 0.3) is 17.1 Å². The van der Waals surface area contributed by atoms with Crippen LogP contribution in [-0.4, -0.2) is 14.8 Å². The molecule has 5 aromatic rings. The quantitative estimate of drug-likeness (QED) is 0.276. The minimum absolute atomic E-state index is 0.449. The highest BCUT2D eigenvalue weighted by Crippen LogP contribution is 2.35. The molecule has 0 saturated carbocycles. The third-order valence-corrected chi connectivity index (χ3v) is 5.41. The van der Waals surface area contributed by atoms with Crippen LogP contribution >= 0.6 is 0 Å². The Kier molecular flexibility index (Phi) is 6.34. The Balaban J connectivity index is 1.48. The number of aryl methyl sites for hydroxylation is 1. The van der Waals surface area contributed by atoms with Crippen LogP contribution < -0.4 is 9.47 Å². The molecule has 0 aliphatic rings. The molecule has 0 saturated heterocycles. The molecule has 5 rings (SSSR count). The van der Waals surface area contributed by atoms with E-state index < -0.39 is 0 Å². The standard InChI is InChI=1S/C29H25N3O2/c1-22-18-26(32(31-22)29-14-8-9-17-30-29)25-15-16-27(33-20-23-10-4-2-5-11-23)28(19-25)34-21-24-12-6-3-7-13-24/h2-19H,20-21H2,1H3. The van der Waals surface area contributed by atoms with E-state index in [1.807, 2.05) is 109 Å². The summed E-state index contributed by atoms with van der Waals surface area (Å²) in [5.74, 6) is 2.15. The fourth-order valence-corrected chi connectivity index (χ4v) is 3.73. The molecule has 2 aromatic heterocycles. The summed E-state index contributed by atoms with van der Waals surface area (Å²) in [6.45, 7) is 2.89. The molecule has 0 aliphatic heterocycles. The van der Waals surface area contributed by atoms with Crippen LogP contribution in [0.3, 0.4) is 0 Å². The molecule has 0 atom stereocenters. The zero-order valence-corrected chi connectivity index (χ0v) is 19.0. The van der Waals surface area contributed by atoms with Gasteiger partial charge in [-0.1, -0.05) is 66.7 Å². The van der Waals surface area contributed by atoms with E-state index in [-0.39, 0.29) is 0 Å². The summed E-state index contributed by atoms with van der Waals surface area (Å²) in [4.78, 5) is 4.47. The maximum Gasteiger partial charge on any atom is 0.162 e. The number of nitrogens with zero attached hydrogens (tertiary/aromatic N) is 3. The summed E-state index contributed by atoms with van der Waals surface area (Å²) in [5, 5.41) is 4.66. The summed E-state index contributed by atoms with van der Waals surface area (Å²) in [7, 11) is 0. The van der Waals surface area contributed by atoms with Crippen LogP contribution in [0.4, 0.5) is 0 Å². The lowest BCUT2D eigenvalue weighted by Gasteiger charge is -2.15. The van der Waals surface area contributed by atoms with Gasteiger partial charge in [-0.05, 0) is 54.4 Å². The third kappa shape index (κ3) is 4.99. The van der Waals surface area contributed by atoms with Crippen LogP contribution in [0.2, 0.25) is 0 Å². The Morgan fingerprint density at radius 3 is 1.97 bits per heavy atom.